The summed E-state index contributed by atoms with van der Waals surface area (Å²) >= 11 is 0. The van der Waals surface area contributed by atoms with E-state index in [4.69, 9.17) is 5.11 Å². The van der Waals surface area contributed by atoms with Crippen LogP contribution in [0.4, 0.5) is 13.2 Å². The fourth-order valence-electron chi connectivity index (χ4n) is 1.47. The zero-order valence-corrected chi connectivity index (χ0v) is 10.0. The first-order valence-electron chi connectivity index (χ1n) is 5.53. The molecule has 104 valence electrons. The molecule has 1 unspecified atom stereocenters. The molecule has 0 aliphatic rings. The van der Waals surface area contributed by atoms with E-state index in [2.05, 4.69) is 5.32 Å². The largest absolute Gasteiger partial charge is 0.481 e. The molecule has 1 aromatic rings. The number of nitrogens with one attached hydrogen (secondary N) is 1. The summed E-state index contributed by atoms with van der Waals surface area (Å²) in [5.41, 5.74) is -0.664. The summed E-state index contributed by atoms with van der Waals surface area (Å²) in [5, 5.41) is 10.9. The van der Waals surface area contributed by atoms with Gasteiger partial charge < -0.3 is 10.4 Å². The average Bonchev–Trinajstić information content (AvgIpc) is 2.34. The fourth-order valence-corrected chi connectivity index (χ4v) is 1.47. The predicted octanol–water partition coefficient (Wildman–Crippen LogP) is 2.09. The third-order valence-corrected chi connectivity index (χ3v) is 2.53. The summed E-state index contributed by atoms with van der Waals surface area (Å²) in [4.78, 5) is 22.2. The van der Waals surface area contributed by atoms with Crippen molar-refractivity contribution in [3.63, 3.8) is 0 Å². The van der Waals surface area contributed by atoms with E-state index in [0.29, 0.717) is 12.5 Å². The molecule has 0 aliphatic heterocycles. The SMILES string of the molecule is CCC(CC(=O)O)NC(=O)c1ccc(F)c(F)c1F. The van der Waals surface area contributed by atoms with Crippen LogP contribution in [0.15, 0.2) is 12.1 Å². The van der Waals surface area contributed by atoms with Crippen molar-refractivity contribution in [1.29, 1.82) is 0 Å². The molecule has 1 amide bonds. The van der Waals surface area contributed by atoms with Gasteiger partial charge in [-0.15, -0.1) is 0 Å². The van der Waals surface area contributed by atoms with E-state index < -0.39 is 40.9 Å². The lowest BCUT2D eigenvalue weighted by molar-refractivity contribution is -0.137. The van der Waals surface area contributed by atoms with E-state index in [-0.39, 0.29) is 6.42 Å². The maximum Gasteiger partial charge on any atom is 0.305 e. The molecule has 19 heavy (non-hydrogen) atoms. The normalized spacial score (nSPS) is 12.0. The van der Waals surface area contributed by atoms with Gasteiger partial charge in [-0.1, -0.05) is 6.92 Å². The molecule has 4 nitrogen and oxygen atoms in total. The van der Waals surface area contributed by atoms with Crippen LogP contribution in [0.3, 0.4) is 0 Å². The van der Waals surface area contributed by atoms with Gasteiger partial charge in [-0.2, -0.15) is 0 Å². The van der Waals surface area contributed by atoms with Gasteiger partial charge in [0.1, 0.15) is 0 Å². The van der Waals surface area contributed by atoms with Gasteiger partial charge in [0.15, 0.2) is 17.5 Å². The Morgan fingerprint density at radius 1 is 1.26 bits per heavy atom. The van der Waals surface area contributed by atoms with Gasteiger partial charge >= 0.3 is 5.97 Å². The quantitative estimate of drug-likeness (QED) is 0.808. The Morgan fingerprint density at radius 2 is 1.89 bits per heavy atom. The number of carboxylic acid groups (broad SMARTS) is 1. The molecule has 0 saturated carbocycles. The van der Waals surface area contributed by atoms with Crippen LogP contribution in [-0.2, 0) is 4.79 Å². The van der Waals surface area contributed by atoms with Gasteiger partial charge in [0, 0.05) is 6.04 Å². The van der Waals surface area contributed by atoms with Crippen molar-refractivity contribution >= 4 is 11.9 Å². The summed E-state index contributed by atoms with van der Waals surface area (Å²) in [6.07, 6.45) is -0.0309. The summed E-state index contributed by atoms with van der Waals surface area (Å²) < 4.78 is 39.0. The molecular weight excluding hydrogens is 263 g/mol. The monoisotopic (exact) mass is 275 g/mol. The molecule has 2 N–H and O–H groups in total. The first-order valence-corrected chi connectivity index (χ1v) is 5.53. The zero-order chi connectivity index (χ0) is 14.6. The van der Waals surface area contributed by atoms with Gasteiger partial charge in [0.05, 0.1) is 12.0 Å². The van der Waals surface area contributed by atoms with Crippen LogP contribution in [0.2, 0.25) is 0 Å². The minimum atomic E-state index is -1.74. The van der Waals surface area contributed by atoms with E-state index in [0.717, 1.165) is 6.07 Å². The number of aliphatic carboxylic acids is 1. The Balaban J connectivity index is 2.89. The average molecular weight is 275 g/mol. The fraction of sp³-hybridized carbons (Fsp3) is 0.333. The van der Waals surface area contributed by atoms with E-state index in [9.17, 15) is 22.8 Å². The summed E-state index contributed by atoms with van der Waals surface area (Å²) in [6, 6.07) is 0.722. The molecule has 0 radical (unpaired) electrons. The Bertz CT molecular complexity index is 505. The molecule has 0 heterocycles. The molecule has 1 atom stereocenters. The summed E-state index contributed by atoms with van der Waals surface area (Å²) in [6.45, 7) is 1.63. The number of hydrogen-bond donors (Lipinski definition) is 2. The highest BCUT2D eigenvalue weighted by molar-refractivity contribution is 5.94. The van der Waals surface area contributed by atoms with Crippen LogP contribution in [0.1, 0.15) is 30.1 Å². The van der Waals surface area contributed by atoms with Gasteiger partial charge in [0.25, 0.3) is 5.91 Å². The van der Waals surface area contributed by atoms with E-state index >= 15 is 0 Å². The second kappa shape index (κ2) is 6.21. The number of hydrogen-bond acceptors (Lipinski definition) is 2. The van der Waals surface area contributed by atoms with E-state index in [1.54, 1.807) is 6.92 Å². The maximum absolute atomic E-state index is 13.3. The Hall–Kier alpha value is -2.05. The van der Waals surface area contributed by atoms with Crippen LogP contribution < -0.4 is 5.32 Å². The Morgan fingerprint density at radius 3 is 2.42 bits per heavy atom. The van der Waals surface area contributed by atoms with Crippen molar-refractivity contribution < 1.29 is 27.9 Å². The van der Waals surface area contributed by atoms with Crippen LogP contribution in [-0.4, -0.2) is 23.0 Å². The van der Waals surface area contributed by atoms with Crippen molar-refractivity contribution in [2.24, 2.45) is 0 Å². The lowest BCUT2D eigenvalue weighted by Gasteiger charge is -2.15. The van der Waals surface area contributed by atoms with Crippen LogP contribution in [0.25, 0.3) is 0 Å². The highest BCUT2D eigenvalue weighted by Gasteiger charge is 2.21. The molecule has 0 aliphatic carbocycles. The smallest absolute Gasteiger partial charge is 0.305 e. The highest BCUT2D eigenvalue weighted by Crippen LogP contribution is 2.15. The molecule has 0 aromatic heterocycles. The molecule has 0 saturated heterocycles. The zero-order valence-electron chi connectivity index (χ0n) is 10.0. The number of halogens is 3. The molecule has 0 spiro atoms. The molecule has 1 aromatic carbocycles. The van der Waals surface area contributed by atoms with Gasteiger partial charge in [-0.25, -0.2) is 13.2 Å². The van der Waals surface area contributed by atoms with Gasteiger partial charge in [0.2, 0.25) is 0 Å². The third kappa shape index (κ3) is 3.70. The molecule has 0 bridgehead atoms. The number of amides is 1. The summed E-state index contributed by atoms with van der Waals surface area (Å²) in [5.74, 6) is -6.84. The van der Waals surface area contributed by atoms with Crippen LogP contribution in [0, 0.1) is 17.5 Å². The lowest BCUT2D eigenvalue weighted by Crippen LogP contribution is -2.36. The second-order valence-electron chi connectivity index (χ2n) is 3.90. The number of carboxylic acids is 1. The van der Waals surface area contributed by atoms with Crippen molar-refractivity contribution in [3.05, 3.63) is 35.1 Å². The number of rotatable bonds is 5. The number of carbonyl (C=O) groups is 2. The summed E-state index contributed by atoms with van der Waals surface area (Å²) in [7, 11) is 0. The van der Waals surface area contributed by atoms with Crippen molar-refractivity contribution in [2.45, 2.75) is 25.8 Å². The van der Waals surface area contributed by atoms with Crippen LogP contribution in [0.5, 0.6) is 0 Å². The Labute approximate surface area is 107 Å². The van der Waals surface area contributed by atoms with Gasteiger partial charge in [-0.3, -0.25) is 9.59 Å². The maximum atomic E-state index is 13.3. The van der Waals surface area contributed by atoms with E-state index in [1.807, 2.05) is 0 Å². The second-order valence-corrected chi connectivity index (χ2v) is 3.90. The first-order chi connectivity index (χ1) is 8.86. The minimum absolute atomic E-state index is 0.309. The van der Waals surface area contributed by atoms with Gasteiger partial charge in [-0.05, 0) is 18.6 Å². The Kier molecular flexibility index (Phi) is 4.91. The van der Waals surface area contributed by atoms with Crippen LogP contribution >= 0.6 is 0 Å². The lowest BCUT2D eigenvalue weighted by atomic mass is 10.1. The third-order valence-electron chi connectivity index (χ3n) is 2.53. The van der Waals surface area contributed by atoms with Crippen molar-refractivity contribution in [2.75, 3.05) is 0 Å². The number of carbonyl (C=O) groups excluding carboxylic acids is 1. The minimum Gasteiger partial charge on any atom is -0.481 e. The first kappa shape index (κ1) is 15.0. The molecule has 1 rings (SSSR count). The standard InChI is InChI=1S/C12H12F3NO3/c1-2-6(5-9(17)18)16-12(19)7-3-4-8(13)11(15)10(7)14/h3-4,6H,2,5H2,1H3,(H,16,19)(H,17,18). The van der Waals surface area contributed by atoms with E-state index in [1.165, 1.54) is 0 Å². The number of benzene rings is 1. The molecular formula is C12H12F3NO3. The highest BCUT2D eigenvalue weighted by atomic mass is 19.2. The topological polar surface area (TPSA) is 66.4 Å². The molecule has 7 heteroatoms. The molecule has 0 fully saturated rings. The predicted molar refractivity (Wildman–Crippen MR) is 60.1 cm³/mol. The van der Waals surface area contributed by atoms with Crippen molar-refractivity contribution in [3.8, 4) is 0 Å². The van der Waals surface area contributed by atoms with Crippen molar-refractivity contribution in [1.82, 2.24) is 5.32 Å².